The highest BCUT2D eigenvalue weighted by atomic mass is 35.5. The van der Waals surface area contributed by atoms with E-state index < -0.39 is 0 Å². The molecule has 3 heterocycles. The number of hydrogen-bond donors (Lipinski definition) is 0. The van der Waals surface area contributed by atoms with Crippen LogP contribution in [0, 0.1) is 6.92 Å². The number of aromatic nitrogens is 4. The molecule has 0 fully saturated rings. The van der Waals surface area contributed by atoms with Crippen molar-refractivity contribution in [1.82, 2.24) is 19.2 Å². The second-order valence-electron chi connectivity index (χ2n) is 7.69. The molecule has 0 spiro atoms. The summed E-state index contributed by atoms with van der Waals surface area (Å²) in [6.45, 7) is 2.11. The molecule has 2 aromatic carbocycles. The number of oxazole rings is 1. The SMILES string of the molecule is COc1ccc(-c2cc3c(=O)n(Cc4nc(-c5ccc(Cl)cc5)oc4C)ccn3n2)cc1OC. The van der Waals surface area contributed by atoms with Gasteiger partial charge in [0.1, 0.15) is 17.0 Å². The molecule has 0 radical (unpaired) electrons. The molecule has 0 saturated heterocycles. The Morgan fingerprint density at radius 3 is 2.44 bits per heavy atom. The summed E-state index contributed by atoms with van der Waals surface area (Å²) in [7, 11) is 3.16. The summed E-state index contributed by atoms with van der Waals surface area (Å²) >= 11 is 5.97. The number of benzene rings is 2. The Labute approximate surface area is 200 Å². The van der Waals surface area contributed by atoms with Crippen LogP contribution in [0.3, 0.4) is 0 Å². The van der Waals surface area contributed by atoms with Gasteiger partial charge in [-0.25, -0.2) is 9.50 Å². The van der Waals surface area contributed by atoms with E-state index in [1.807, 2.05) is 37.3 Å². The van der Waals surface area contributed by atoms with Gasteiger partial charge in [-0.1, -0.05) is 11.6 Å². The van der Waals surface area contributed by atoms with Gasteiger partial charge in [-0.3, -0.25) is 4.79 Å². The van der Waals surface area contributed by atoms with Crippen LogP contribution in [-0.4, -0.2) is 33.4 Å². The zero-order valence-corrected chi connectivity index (χ0v) is 19.5. The topological polar surface area (TPSA) is 83.8 Å². The van der Waals surface area contributed by atoms with E-state index in [9.17, 15) is 4.79 Å². The van der Waals surface area contributed by atoms with Gasteiger partial charge in [0.25, 0.3) is 5.56 Å². The molecule has 0 unspecified atom stereocenters. The Hall–Kier alpha value is -4.04. The van der Waals surface area contributed by atoms with Crippen LogP contribution in [0.4, 0.5) is 0 Å². The van der Waals surface area contributed by atoms with Crippen LogP contribution >= 0.6 is 11.6 Å². The fourth-order valence-electron chi connectivity index (χ4n) is 3.74. The van der Waals surface area contributed by atoms with Crippen molar-refractivity contribution in [2.75, 3.05) is 14.2 Å². The lowest BCUT2D eigenvalue weighted by Crippen LogP contribution is -2.22. The number of fused-ring (bicyclic) bond motifs is 1. The molecule has 34 heavy (non-hydrogen) atoms. The third kappa shape index (κ3) is 3.92. The van der Waals surface area contributed by atoms with Gasteiger partial charge in [-0.2, -0.15) is 5.10 Å². The average molecular weight is 477 g/mol. The molecule has 0 bridgehead atoms. The standard InChI is InChI=1S/C25H21ClN4O4/c1-15-20(27-24(34-15)16-4-7-18(26)8-5-16)14-29-10-11-30-21(25(29)31)13-19(28-30)17-6-9-22(32-2)23(12-17)33-3/h4-13H,14H2,1-3H3. The molecule has 0 aliphatic carbocycles. The second-order valence-corrected chi connectivity index (χ2v) is 8.13. The maximum atomic E-state index is 13.2. The maximum absolute atomic E-state index is 13.2. The Bertz CT molecular complexity index is 1550. The van der Waals surface area contributed by atoms with Gasteiger partial charge in [-0.05, 0) is 55.5 Å². The fourth-order valence-corrected chi connectivity index (χ4v) is 3.87. The minimum atomic E-state index is -0.183. The summed E-state index contributed by atoms with van der Waals surface area (Å²) in [6, 6.07) is 14.5. The van der Waals surface area contributed by atoms with Gasteiger partial charge < -0.3 is 18.5 Å². The Balaban J connectivity index is 1.48. The van der Waals surface area contributed by atoms with E-state index in [-0.39, 0.29) is 12.1 Å². The quantitative estimate of drug-likeness (QED) is 0.348. The molecule has 0 saturated carbocycles. The van der Waals surface area contributed by atoms with Gasteiger partial charge in [-0.15, -0.1) is 0 Å². The molecule has 0 amide bonds. The highest BCUT2D eigenvalue weighted by Crippen LogP contribution is 2.32. The minimum absolute atomic E-state index is 0.183. The van der Waals surface area contributed by atoms with E-state index >= 15 is 0 Å². The lowest BCUT2D eigenvalue weighted by Gasteiger charge is -2.08. The molecule has 5 aromatic rings. The molecular weight excluding hydrogens is 456 g/mol. The number of rotatable bonds is 6. The van der Waals surface area contributed by atoms with Crippen molar-refractivity contribution in [1.29, 1.82) is 0 Å². The third-order valence-corrected chi connectivity index (χ3v) is 5.84. The molecule has 0 N–H and O–H groups in total. The number of halogens is 1. The number of ether oxygens (including phenoxy) is 2. The highest BCUT2D eigenvalue weighted by molar-refractivity contribution is 6.30. The van der Waals surface area contributed by atoms with Crippen LogP contribution in [0.1, 0.15) is 11.5 Å². The van der Waals surface area contributed by atoms with Gasteiger partial charge >= 0.3 is 0 Å². The Kier molecular flexibility index (Phi) is 5.59. The van der Waals surface area contributed by atoms with E-state index in [1.165, 1.54) is 0 Å². The number of nitrogens with zero attached hydrogens (tertiary/aromatic N) is 4. The average Bonchev–Trinajstić information content (AvgIpc) is 3.45. The summed E-state index contributed by atoms with van der Waals surface area (Å²) in [5, 5.41) is 5.19. The molecule has 5 rings (SSSR count). The number of methoxy groups -OCH3 is 2. The first-order chi connectivity index (χ1) is 16.5. The Morgan fingerprint density at radius 1 is 0.971 bits per heavy atom. The summed E-state index contributed by atoms with van der Waals surface area (Å²) < 4.78 is 19.7. The van der Waals surface area contributed by atoms with Crippen molar-refractivity contribution in [3.05, 3.63) is 87.8 Å². The summed E-state index contributed by atoms with van der Waals surface area (Å²) in [5.74, 6) is 2.35. The van der Waals surface area contributed by atoms with Gasteiger partial charge in [0, 0.05) is 28.5 Å². The summed E-state index contributed by atoms with van der Waals surface area (Å²) in [6.07, 6.45) is 3.44. The molecule has 9 heteroatoms. The molecule has 0 aliphatic rings. The van der Waals surface area contributed by atoms with Crippen LogP contribution in [-0.2, 0) is 6.54 Å². The van der Waals surface area contributed by atoms with Crippen LogP contribution < -0.4 is 15.0 Å². The summed E-state index contributed by atoms with van der Waals surface area (Å²) in [5.41, 5.74) is 3.22. The number of hydrogen-bond acceptors (Lipinski definition) is 6. The molecule has 3 aromatic heterocycles. The van der Waals surface area contributed by atoms with Crippen LogP contribution in [0.2, 0.25) is 5.02 Å². The lowest BCUT2D eigenvalue weighted by molar-refractivity contribution is 0.355. The first-order valence-corrected chi connectivity index (χ1v) is 10.9. The van der Waals surface area contributed by atoms with Crippen LogP contribution in [0.5, 0.6) is 11.5 Å². The van der Waals surface area contributed by atoms with Crippen LogP contribution in [0.15, 0.2) is 70.1 Å². The highest BCUT2D eigenvalue weighted by Gasteiger charge is 2.15. The number of aryl methyl sites for hydroxylation is 1. The smallest absolute Gasteiger partial charge is 0.276 e. The van der Waals surface area contributed by atoms with Crippen molar-refractivity contribution in [3.63, 3.8) is 0 Å². The normalized spacial score (nSPS) is 11.2. The molecule has 8 nitrogen and oxygen atoms in total. The molecule has 0 aliphatic heterocycles. The zero-order chi connectivity index (χ0) is 23.8. The monoisotopic (exact) mass is 476 g/mol. The summed E-state index contributed by atoms with van der Waals surface area (Å²) in [4.78, 5) is 17.8. The van der Waals surface area contributed by atoms with E-state index in [1.54, 1.807) is 53.9 Å². The molecular formula is C25H21ClN4O4. The minimum Gasteiger partial charge on any atom is -0.493 e. The van der Waals surface area contributed by atoms with Crippen molar-refractivity contribution in [3.8, 4) is 34.2 Å². The van der Waals surface area contributed by atoms with Crippen molar-refractivity contribution in [2.45, 2.75) is 13.5 Å². The fraction of sp³-hybridized carbons (Fsp3) is 0.160. The predicted molar refractivity (Wildman–Crippen MR) is 129 cm³/mol. The van der Waals surface area contributed by atoms with Crippen molar-refractivity contribution >= 4 is 17.1 Å². The zero-order valence-electron chi connectivity index (χ0n) is 18.8. The first-order valence-electron chi connectivity index (χ1n) is 10.5. The van der Waals surface area contributed by atoms with Gasteiger partial charge in [0.05, 0.1) is 26.5 Å². The van der Waals surface area contributed by atoms with Crippen LogP contribution in [0.25, 0.3) is 28.2 Å². The van der Waals surface area contributed by atoms with E-state index in [4.69, 9.17) is 25.5 Å². The van der Waals surface area contributed by atoms with Crippen molar-refractivity contribution < 1.29 is 13.9 Å². The van der Waals surface area contributed by atoms with E-state index in [0.29, 0.717) is 45.1 Å². The second kappa shape index (κ2) is 8.72. The largest absolute Gasteiger partial charge is 0.493 e. The predicted octanol–water partition coefficient (Wildman–Crippen LogP) is 4.85. The first kappa shape index (κ1) is 21.8. The van der Waals surface area contributed by atoms with E-state index in [0.717, 1.165) is 11.1 Å². The lowest BCUT2D eigenvalue weighted by atomic mass is 10.1. The Morgan fingerprint density at radius 2 is 1.71 bits per heavy atom. The van der Waals surface area contributed by atoms with Crippen molar-refractivity contribution in [2.24, 2.45) is 0 Å². The molecule has 172 valence electrons. The van der Waals surface area contributed by atoms with Gasteiger partial charge in [0.2, 0.25) is 5.89 Å². The molecule has 0 atom stereocenters. The van der Waals surface area contributed by atoms with Gasteiger partial charge in [0.15, 0.2) is 11.5 Å². The van der Waals surface area contributed by atoms with E-state index in [2.05, 4.69) is 10.1 Å². The maximum Gasteiger partial charge on any atom is 0.276 e. The third-order valence-electron chi connectivity index (χ3n) is 5.59.